The van der Waals surface area contributed by atoms with Crippen LogP contribution in [-0.2, 0) is 30.3 Å². The van der Waals surface area contributed by atoms with Gasteiger partial charge in [0.1, 0.15) is 16.2 Å². The molecule has 3 heterocycles. The van der Waals surface area contributed by atoms with Gasteiger partial charge in [-0.25, -0.2) is 4.98 Å². The Bertz CT molecular complexity index is 1500. The lowest BCUT2D eigenvalue weighted by Gasteiger charge is -2.46. The number of ether oxygens (including phenoxy) is 1. The first kappa shape index (κ1) is 39.3. The molecule has 14 heteroatoms. The van der Waals surface area contributed by atoms with E-state index in [1.54, 1.807) is 36.0 Å². The maximum atomic E-state index is 14.2. The van der Waals surface area contributed by atoms with Crippen LogP contribution in [0.1, 0.15) is 87.0 Å². The normalized spacial score (nSPS) is 19.7. The zero-order valence-electron chi connectivity index (χ0n) is 29.8. The molecule has 5 atom stereocenters. The highest BCUT2D eigenvalue weighted by molar-refractivity contribution is 8.01. The van der Waals surface area contributed by atoms with Crippen molar-refractivity contribution in [1.29, 1.82) is 0 Å². The van der Waals surface area contributed by atoms with Gasteiger partial charge in [0.15, 0.2) is 6.10 Å². The molecular formula is C36H51N5O7S2. The highest BCUT2D eigenvalue weighted by Gasteiger charge is 2.50. The van der Waals surface area contributed by atoms with Crippen LogP contribution < -0.4 is 10.6 Å². The summed E-state index contributed by atoms with van der Waals surface area (Å²) < 4.78 is 5.76. The van der Waals surface area contributed by atoms with Gasteiger partial charge in [-0.15, -0.1) is 11.3 Å². The lowest BCUT2D eigenvalue weighted by atomic mass is 9.92. The third kappa shape index (κ3) is 10.1. The summed E-state index contributed by atoms with van der Waals surface area (Å²) in [6.45, 7) is 7.74. The number of hydrogen-bond donors (Lipinski definition) is 3. The van der Waals surface area contributed by atoms with Crippen LogP contribution in [0.3, 0.4) is 0 Å². The number of thioether (sulfide) groups is 1. The summed E-state index contributed by atoms with van der Waals surface area (Å²) in [5.41, 5.74) is 0.0973. The number of nitrogens with zero attached hydrogens (tertiary/aromatic N) is 3. The second kappa shape index (κ2) is 17.6. The summed E-state index contributed by atoms with van der Waals surface area (Å²) >= 11 is 2.80. The number of hydrogen-bond acceptors (Lipinski definition) is 10. The first-order chi connectivity index (χ1) is 23.7. The Hall–Kier alpha value is -3.49. The van der Waals surface area contributed by atoms with Crippen molar-refractivity contribution >= 4 is 52.8 Å². The van der Waals surface area contributed by atoms with Crippen molar-refractivity contribution < 1.29 is 33.8 Å². The smallest absolute Gasteiger partial charge is 0.306 e. The van der Waals surface area contributed by atoms with Crippen LogP contribution in [0.4, 0.5) is 0 Å². The molecule has 2 saturated heterocycles. The molecule has 2 aliphatic rings. The number of benzene rings is 1. The molecule has 1 aromatic carbocycles. The predicted octanol–water partition coefficient (Wildman–Crippen LogP) is 4.16. The van der Waals surface area contributed by atoms with E-state index in [2.05, 4.69) is 20.5 Å². The fraction of sp³-hybridized carbons (Fsp3) is 0.611. The van der Waals surface area contributed by atoms with Crippen molar-refractivity contribution in [3.63, 3.8) is 0 Å². The molecule has 50 heavy (non-hydrogen) atoms. The van der Waals surface area contributed by atoms with Gasteiger partial charge in [-0.1, -0.05) is 57.5 Å². The van der Waals surface area contributed by atoms with E-state index >= 15 is 0 Å². The number of aromatic nitrogens is 1. The van der Waals surface area contributed by atoms with Crippen LogP contribution in [0.2, 0.25) is 0 Å². The number of aliphatic carboxylic acids is 1. The molecule has 2 aromatic rings. The zero-order chi connectivity index (χ0) is 36.6. The second-order valence-corrected chi connectivity index (χ2v) is 15.9. The number of esters is 1. The zero-order valence-corrected chi connectivity index (χ0v) is 31.5. The molecule has 1 aromatic heterocycles. The molecule has 0 bridgehead atoms. The van der Waals surface area contributed by atoms with E-state index in [1.165, 1.54) is 18.3 Å². The van der Waals surface area contributed by atoms with E-state index in [4.69, 9.17) is 4.74 Å². The largest absolute Gasteiger partial charge is 0.481 e. The highest BCUT2D eigenvalue weighted by Crippen LogP contribution is 2.35. The van der Waals surface area contributed by atoms with Gasteiger partial charge >= 0.3 is 11.9 Å². The summed E-state index contributed by atoms with van der Waals surface area (Å²) in [5, 5.41) is 17.6. The molecule has 0 spiro atoms. The number of amides is 3. The minimum Gasteiger partial charge on any atom is -0.481 e. The Kier molecular flexibility index (Phi) is 13.9. The summed E-state index contributed by atoms with van der Waals surface area (Å²) in [6.07, 6.45) is 2.88. The molecule has 12 nitrogen and oxygen atoms in total. The molecule has 4 rings (SSSR count). The fourth-order valence-corrected chi connectivity index (χ4v) is 8.53. The van der Waals surface area contributed by atoms with Gasteiger partial charge < -0.3 is 25.4 Å². The van der Waals surface area contributed by atoms with Crippen molar-refractivity contribution in [1.82, 2.24) is 25.4 Å². The van der Waals surface area contributed by atoms with Crippen LogP contribution in [0.5, 0.6) is 0 Å². The average molecular weight is 730 g/mol. The number of carboxylic acids is 1. The van der Waals surface area contributed by atoms with Crippen LogP contribution in [0.25, 0.3) is 0 Å². The number of piperidine rings is 1. The Balaban J connectivity index is 1.49. The number of carbonyl (C=O) groups is 5. The Morgan fingerprint density at radius 2 is 1.80 bits per heavy atom. The minimum absolute atomic E-state index is 0.0373. The molecule has 2 fully saturated rings. The third-order valence-corrected chi connectivity index (χ3v) is 12.0. The van der Waals surface area contributed by atoms with Crippen molar-refractivity contribution in [3.8, 4) is 0 Å². The minimum atomic E-state index is -1.00. The standard InChI is InChI=1S/C36H51N5O7S2/c1-22(2)29(41(6)35(47)36(20-49-21-36)39-32(44)28-14-10-11-15-40(28)5)18-30(48-24(4)42)33-38-27(19-50-33)31(43)37-26(16-23(3)34(45)46)17-25-12-8-7-9-13-25/h7-9,12-13,19,22-23,26,28-30H,10-11,14-18,20-21H2,1-6H3,(H,37,43)(H,39,44)(H,45,46)/t23-,26+,28+,29+,30+/m0/s1. The van der Waals surface area contributed by atoms with Gasteiger partial charge in [-0.05, 0) is 50.8 Å². The van der Waals surface area contributed by atoms with Gasteiger partial charge in [0.2, 0.25) is 11.8 Å². The molecule has 274 valence electrons. The molecule has 2 aliphatic heterocycles. The molecule has 3 N–H and O–H groups in total. The average Bonchev–Trinajstić information content (AvgIpc) is 3.55. The quantitative estimate of drug-likeness (QED) is 0.214. The molecule has 0 unspecified atom stereocenters. The third-order valence-electron chi connectivity index (χ3n) is 9.64. The van der Waals surface area contributed by atoms with Crippen LogP contribution >= 0.6 is 23.1 Å². The number of likely N-dealkylation sites (tertiary alicyclic amines) is 1. The topological polar surface area (TPSA) is 158 Å². The number of carboxylic acid groups (broad SMARTS) is 1. The molecular weight excluding hydrogens is 679 g/mol. The Morgan fingerprint density at radius 3 is 2.38 bits per heavy atom. The molecule has 0 radical (unpaired) electrons. The van der Waals surface area contributed by atoms with E-state index in [0.29, 0.717) is 22.9 Å². The number of rotatable bonds is 16. The molecule has 0 aliphatic carbocycles. The number of thiazole rings is 1. The van der Waals surface area contributed by atoms with Gasteiger partial charge in [0.05, 0.1) is 12.0 Å². The summed E-state index contributed by atoms with van der Waals surface area (Å²) in [6, 6.07) is 8.44. The van der Waals surface area contributed by atoms with E-state index in [1.807, 2.05) is 51.2 Å². The van der Waals surface area contributed by atoms with Crippen molar-refractivity contribution in [2.75, 3.05) is 32.1 Å². The summed E-state index contributed by atoms with van der Waals surface area (Å²) in [4.78, 5) is 73.2. The Labute approximate surface area is 303 Å². The maximum Gasteiger partial charge on any atom is 0.306 e. The van der Waals surface area contributed by atoms with E-state index in [0.717, 1.165) is 31.4 Å². The van der Waals surface area contributed by atoms with Crippen molar-refractivity contribution in [2.24, 2.45) is 11.8 Å². The molecule has 0 saturated carbocycles. The first-order valence-electron chi connectivity index (χ1n) is 17.3. The maximum absolute atomic E-state index is 14.2. The number of nitrogens with one attached hydrogen (secondary N) is 2. The summed E-state index contributed by atoms with van der Waals surface area (Å²) in [5.74, 6) is -1.95. The van der Waals surface area contributed by atoms with Crippen LogP contribution in [-0.4, -0.2) is 105 Å². The Morgan fingerprint density at radius 1 is 1.10 bits per heavy atom. The van der Waals surface area contributed by atoms with Gasteiger partial charge in [-0.2, -0.15) is 11.8 Å². The van der Waals surface area contributed by atoms with E-state index in [9.17, 15) is 29.1 Å². The summed E-state index contributed by atoms with van der Waals surface area (Å²) in [7, 11) is 3.67. The van der Waals surface area contributed by atoms with E-state index < -0.39 is 41.4 Å². The first-order valence-corrected chi connectivity index (χ1v) is 19.3. The second-order valence-electron chi connectivity index (χ2n) is 14.0. The van der Waals surface area contributed by atoms with E-state index in [-0.39, 0.29) is 48.4 Å². The lowest BCUT2D eigenvalue weighted by Crippen LogP contribution is -2.70. The number of likely N-dealkylation sites (N-methyl/N-ethyl adjacent to an activating group) is 2. The lowest BCUT2D eigenvalue weighted by molar-refractivity contribution is -0.150. The van der Waals surface area contributed by atoms with Crippen molar-refractivity contribution in [3.05, 3.63) is 52.0 Å². The fourth-order valence-electron chi connectivity index (χ4n) is 6.68. The number of carbonyl (C=O) groups excluding carboxylic acids is 4. The van der Waals surface area contributed by atoms with Crippen LogP contribution in [0.15, 0.2) is 35.7 Å². The van der Waals surface area contributed by atoms with Gasteiger partial charge in [0, 0.05) is 49.4 Å². The highest BCUT2D eigenvalue weighted by atomic mass is 32.2. The SMILES string of the molecule is CC(=O)O[C@H](C[C@H](C(C)C)N(C)C(=O)C1(NC(=O)[C@H]2CCCCN2C)CSC1)c1nc(C(=O)N[C@@H](Cc2ccccc2)C[C@H](C)C(=O)O)cs1. The van der Waals surface area contributed by atoms with Gasteiger partial charge in [-0.3, -0.25) is 28.9 Å². The molecule has 3 amide bonds. The van der Waals surface area contributed by atoms with Crippen molar-refractivity contribution in [2.45, 2.75) is 96.0 Å². The van der Waals surface area contributed by atoms with Gasteiger partial charge in [0.25, 0.3) is 5.91 Å². The monoisotopic (exact) mass is 729 g/mol. The van der Waals surface area contributed by atoms with Crippen LogP contribution in [0, 0.1) is 11.8 Å². The predicted molar refractivity (Wildman–Crippen MR) is 194 cm³/mol.